The van der Waals surface area contributed by atoms with Crippen molar-refractivity contribution in [2.24, 2.45) is 5.84 Å². The number of nitrogens with two attached hydrogens (primary N) is 1. The molecule has 3 rings (SSSR count). The molecule has 2 aromatic rings. The average molecular weight is 315 g/mol. The summed E-state index contributed by atoms with van der Waals surface area (Å²) >= 11 is 0.591. The van der Waals surface area contributed by atoms with E-state index in [1.54, 1.807) is 6.07 Å². The maximum atomic E-state index is 12.6. The molecule has 0 radical (unpaired) electrons. The summed E-state index contributed by atoms with van der Waals surface area (Å²) in [6.07, 6.45) is -2.44. The molecular formula is C13H12F3N3OS. The van der Waals surface area contributed by atoms with Crippen molar-refractivity contribution in [3.8, 4) is 5.75 Å². The monoisotopic (exact) mass is 315 g/mol. The number of aromatic nitrogens is 1. The van der Waals surface area contributed by atoms with Crippen molar-refractivity contribution < 1.29 is 17.9 Å². The Bertz CT molecular complexity index is 656. The van der Waals surface area contributed by atoms with Gasteiger partial charge in [0.1, 0.15) is 5.75 Å². The van der Waals surface area contributed by atoms with Crippen LogP contribution in [0.5, 0.6) is 5.75 Å². The highest BCUT2D eigenvalue weighted by atomic mass is 32.1. The zero-order valence-electron chi connectivity index (χ0n) is 10.8. The first-order valence-electron chi connectivity index (χ1n) is 6.23. The van der Waals surface area contributed by atoms with E-state index in [9.17, 15) is 13.2 Å². The lowest BCUT2D eigenvalue weighted by Gasteiger charge is -2.15. The lowest BCUT2D eigenvalue weighted by Crippen LogP contribution is -2.28. The van der Waals surface area contributed by atoms with Crippen LogP contribution in [-0.4, -0.2) is 11.6 Å². The lowest BCUT2D eigenvalue weighted by molar-refractivity contribution is -0.137. The minimum absolute atomic E-state index is 0.420. The van der Waals surface area contributed by atoms with E-state index in [1.807, 2.05) is 12.1 Å². The highest BCUT2D eigenvalue weighted by Crippen LogP contribution is 2.37. The van der Waals surface area contributed by atoms with Crippen LogP contribution in [0.25, 0.3) is 0 Å². The summed E-state index contributed by atoms with van der Waals surface area (Å²) in [6, 6.07) is 4.99. The van der Waals surface area contributed by atoms with E-state index in [0.717, 1.165) is 23.3 Å². The standard InChI is InChI=1S/C13H12F3N3OS/c14-13(15,16)12-18-6-10(21-12)11(19-17)8-1-2-9-7(5-8)3-4-20-9/h1-2,5-6,11,19H,3-4,17H2. The third-order valence-electron chi connectivity index (χ3n) is 3.26. The summed E-state index contributed by atoms with van der Waals surface area (Å²) in [7, 11) is 0. The Morgan fingerprint density at radius 3 is 2.86 bits per heavy atom. The number of hydrazine groups is 1. The van der Waals surface area contributed by atoms with Gasteiger partial charge in [-0.05, 0) is 23.3 Å². The zero-order valence-corrected chi connectivity index (χ0v) is 11.6. The number of nitrogens with zero attached hydrogens (tertiary/aromatic N) is 1. The molecule has 1 aliphatic heterocycles. The number of alkyl halides is 3. The Hall–Kier alpha value is -1.64. The van der Waals surface area contributed by atoms with Crippen LogP contribution in [0.4, 0.5) is 13.2 Å². The number of ether oxygens (including phenoxy) is 1. The first-order chi connectivity index (χ1) is 9.99. The maximum Gasteiger partial charge on any atom is 0.443 e. The Morgan fingerprint density at radius 1 is 1.38 bits per heavy atom. The predicted octanol–water partition coefficient (Wildman–Crippen LogP) is 2.65. The second kappa shape index (κ2) is 5.28. The topological polar surface area (TPSA) is 60.2 Å². The molecule has 0 spiro atoms. The van der Waals surface area contributed by atoms with Crippen molar-refractivity contribution in [3.63, 3.8) is 0 Å². The molecule has 4 nitrogen and oxygen atoms in total. The number of fused-ring (bicyclic) bond motifs is 1. The number of hydrogen-bond donors (Lipinski definition) is 2. The first kappa shape index (κ1) is 14.3. The third-order valence-corrected chi connectivity index (χ3v) is 4.37. The van der Waals surface area contributed by atoms with E-state index >= 15 is 0 Å². The van der Waals surface area contributed by atoms with Crippen molar-refractivity contribution in [2.45, 2.75) is 18.6 Å². The second-order valence-corrected chi connectivity index (χ2v) is 5.69. The molecule has 0 amide bonds. The number of benzene rings is 1. The Kier molecular flexibility index (Phi) is 3.60. The van der Waals surface area contributed by atoms with Crippen LogP contribution < -0.4 is 16.0 Å². The van der Waals surface area contributed by atoms with Crippen molar-refractivity contribution in [1.82, 2.24) is 10.4 Å². The SMILES string of the molecule is NNC(c1ccc2c(c1)CCO2)c1cnc(C(F)(F)F)s1. The largest absolute Gasteiger partial charge is 0.493 e. The molecule has 2 heterocycles. The Balaban J connectivity index is 1.93. The molecule has 112 valence electrons. The van der Waals surface area contributed by atoms with Gasteiger partial charge in [-0.3, -0.25) is 5.84 Å². The molecule has 21 heavy (non-hydrogen) atoms. The van der Waals surface area contributed by atoms with Crippen LogP contribution in [0, 0.1) is 0 Å². The number of rotatable bonds is 3. The minimum atomic E-state index is -4.44. The van der Waals surface area contributed by atoms with Crippen LogP contribution in [0.2, 0.25) is 0 Å². The molecule has 1 atom stereocenters. The number of hydrogen-bond acceptors (Lipinski definition) is 5. The van der Waals surface area contributed by atoms with Gasteiger partial charge in [0.2, 0.25) is 0 Å². The fraction of sp³-hybridized carbons (Fsp3) is 0.308. The molecule has 1 aliphatic rings. The number of halogens is 3. The summed E-state index contributed by atoms with van der Waals surface area (Å²) in [4.78, 5) is 3.85. The van der Waals surface area contributed by atoms with Gasteiger partial charge in [0, 0.05) is 17.5 Å². The molecule has 0 bridgehead atoms. The van der Waals surface area contributed by atoms with Gasteiger partial charge in [-0.15, -0.1) is 11.3 Å². The Labute approximate surface area is 122 Å². The van der Waals surface area contributed by atoms with Crippen LogP contribution in [0.1, 0.15) is 27.1 Å². The fourth-order valence-corrected chi connectivity index (χ4v) is 3.15. The molecule has 0 saturated heterocycles. The van der Waals surface area contributed by atoms with E-state index < -0.39 is 17.2 Å². The summed E-state index contributed by atoms with van der Waals surface area (Å²) in [5.74, 6) is 6.33. The molecule has 3 N–H and O–H groups in total. The van der Waals surface area contributed by atoms with Gasteiger partial charge < -0.3 is 4.74 Å². The van der Waals surface area contributed by atoms with Crippen LogP contribution in [0.15, 0.2) is 24.4 Å². The van der Waals surface area contributed by atoms with E-state index in [1.165, 1.54) is 6.20 Å². The zero-order chi connectivity index (χ0) is 15.0. The van der Waals surface area contributed by atoms with Gasteiger partial charge in [0.25, 0.3) is 0 Å². The van der Waals surface area contributed by atoms with Gasteiger partial charge in [0.15, 0.2) is 5.01 Å². The molecular weight excluding hydrogens is 303 g/mol. The molecule has 8 heteroatoms. The minimum Gasteiger partial charge on any atom is -0.493 e. The van der Waals surface area contributed by atoms with Gasteiger partial charge in [0.05, 0.1) is 12.6 Å². The van der Waals surface area contributed by atoms with Crippen molar-refractivity contribution in [1.29, 1.82) is 0 Å². The normalized spacial score (nSPS) is 15.6. The van der Waals surface area contributed by atoms with Gasteiger partial charge >= 0.3 is 6.18 Å². The van der Waals surface area contributed by atoms with Crippen molar-refractivity contribution in [3.05, 3.63) is 45.4 Å². The summed E-state index contributed by atoms with van der Waals surface area (Å²) in [5, 5.41) is -0.873. The second-order valence-electron chi connectivity index (χ2n) is 4.63. The summed E-state index contributed by atoms with van der Waals surface area (Å²) in [5.41, 5.74) is 4.38. The quantitative estimate of drug-likeness (QED) is 0.675. The number of nitrogens with one attached hydrogen (secondary N) is 1. The first-order valence-corrected chi connectivity index (χ1v) is 7.05. The summed E-state index contributed by atoms with van der Waals surface area (Å²) in [6.45, 7) is 0.623. The summed E-state index contributed by atoms with van der Waals surface area (Å²) < 4.78 is 43.3. The van der Waals surface area contributed by atoms with Gasteiger partial charge in [-0.1, -0.05) is 6.07 Å². The number of thiazole rings is 1. The van der Waals surface area contributed by atoms with E-state index in [-0.39, 0.29) is 0 Å². The van der Waals surface area contributed by atoms with Crippen LogP contribution in [-0.2, 0) is 12.6 Å². The van der Waals surface area contributed by atoms with Crippen LogP contribution in [0.3, 0.4) is 0 Å². The molecule has 1 aromatic carbocycles. The predicted molar refractivity (Wildman–Crippen MR) is 71.9 cm³/mol. The van der Waals surface area contributed by atoms with Crippen LogP contribution >= 0.6 is 11.3 Å². The van der Waals surface area contributed by atoms with Gasteiger partial charge in [-0.25, -0.2) is 10.4 Å². The molecule has 0 fully saturated rings. The third kappa shape index (κ3) is 2.74. The van der Waals surface area contributed by atoms with Crippen molar-refractivity contribution in [2.75, 3.05) is 6.61 Å². The smallest absolute Gasteiger partial charge is 0.443 e. The molecule has 0 aliphatic carbocycles. The van der Waals surface area contributed by atoms with E-state index in [4.69, 9.17) is 10.6 Å². The average Bonchev–Trinajstić information content (AvgIpc) is 3.06. The molecule has 0 saturated carbocycles. The lowest BCUT2D eigenvalue weighted by atomic mass is 10.0. The Morgan fingerprint density at radius 2 is 2.19 bits per heavy atom. The highest BCUT2D eigenvalue weighted by molar-refractivity contribution is 7.11. The molecule has 1 aromatic heterocycles. The highest BCUT2D eigenvalue weighted by Gasteiger charge is 2.35. The maximum absolute atomic E-state index is 12.6. The van der Waals surface area contributed by atoms with E-state index in [0.29, 0.717) is 22.8 Å². The van der Waals surface area contributed by atoms with E-state index in [2.05, 4.69) is 10.4 Å². The van der Waals surface area contributed by atoms with Gasteiger partial charge in [-0.2, -0.15) is 13.2 Å². The fourth-order valence-electron chi connectivity index (χ4n) is 2.28. The molecule has 1 unspecified atom stereocenters. The van der Waals surface area contributed by atoms with Crippen molar-refractivity contribution >= 4 is 11.3 Å².